The fourth-order valence-corrected chi connectivity index (χ4v) is 2.07. The summed E-state index contributed by atoms with van der Waals surface area (Å²) in [4.78, 5) is 4.34. The third-order valence-electron chi connectivity index (χ3n) is 3.12. The van der Waals surface area contributed by atoms with E-state index in [1.54, 1.807) is 42.5 Å². The Labute approximate surface area is 121 Å². The SMILES string of the molecule is Cc1cc(C#N)ccc1-c1nc(-c2cccc(O)c2)no1. The second-order valence-electron chi connectivity index (χ2n) is 4.61. The van der Waals surface area contributed by atoms with Crippen LogP contribution >= 0.6 is 0 Å². The number of aromatic nitrogens is 2. The van der Waals surface area contributed by atoms with E-state index in [0.29, 0.717) is 22.8 Å². The van der Waals surface area contributed by atoms with Crippen molar-refractivity contribution >= 4 is 0 Å². The Kier molecular flexibility index (Phi) is 3.13. The Morgan fingerprint density at radius 2 is 2.05 bits per heavy atom. The standard InChI is InChI=1S/C16H11N3O2/c1-10-7-11(9-17)5-6-14(10)16-18-15(19-21-16)12-3-2-4-13(20)8-12/h2-8,20H,1H3. The first-order chi connectivity index (χ1) is 10.2. The molecule has 1 N–H and O–H groups in total. The Morgan fingerprint density at radius 1 is 1.19 bits per heavy atom. The van der Waals surface area contributed by atoms with Crippen molar-refractivity contribution < 1.29 is 9.63 Å². The van der Waals surface area contributed by atoms with Crippen LogP contribution in [0.15, 0.2) is 47.0 Å². The smallest absolute Gasteiger partial charge is 0.258 e. The van der Waals surface area contributed by atoms with Crippen molar-refractivity contribution in [1.29, 1.82) is 5.26 Å². The normalized spacial score (nSPS) is 10.3. The van der Waals surface area contributed by atoms with Gasteiger partial charge in [-0.25, -0.2) is 0 Å². The van der Waals surface area contributed by atoms with E-state index in [-0.39, 0.29) is 5.75 Å². The molecule has 5 heteroatoms. The predicted molar refractivity (Wildman–Crippen MR) is 76.3 cm³/mol. The van der Waals surface area contributed by atoms with Gasteiger partial charge in [-0.05, 0) is 42.8 Å². The summed E-state index contributed by atoms with van der Waals surface area (Å²) in [6, 6.07) is 14.0. The first-order valence-corrected chi connectivity index (χ1v) is 6.31. The zero-order chi connectivity index (χ0) is 14.8. The summed E-state index contributed by atoms with van der Waals surface area (Å²) < 4.78 is 5.27. The number of aryl methyl sites for hydroxylation is 1. The second-order valence-corrected chi connectivity index (χ2v) is 4.61. The fraction of sp³-hybridized carbons (Fsp3) is 0.0625. The Balaban J connectivity index is 2.01. The lowest BCUT2D eigenvalue weighted by Gasteiger charge is -2.00. The maximum Gasteiger partial charge on any atom is 0.258 e. The van der Waals surface area contributed by atoms with Crippen molar-refractivity contribution in [3.63, 3.8) is 0 Å². The number of phenols is 1. The molecule has 0 amide bonds. The van der Waals surface area contributed by atoms with E-state index < -0.39 is 0 Å². The van der Waals surface area contributed by atoms with E-state index >= 15 is 0 Å². The number of hydrogen-bond acceptors (Lipinski definition) is 5. The summed E-state index contributed by atoms with van der Waals surface area (Å²) in [5.41, 5.74) is 2.94. The quantitative estimate of drug-likeness (QED) is 0.777. The highest BCUT2D eigenvalue weighted by Gasteiger charge is 2.13. The van der Waals surface area contributed by atoms with E-state index in [1.807, 2.05) is 6.92 Å². The van der Waals surface area contributed by atoms with Crippen LogP contribution < -0.4 is 0 Å². The highest BCUT2D eigenvalue weighted by Crippen LogP contribution is 2.26. The number of benzene rings is 2. The number of phenolic OH excluding ortho intramolecular Hbond substituents is 1. The van der Waals surface area contributed by atoms with Gasteiger partial charge in [0.1, 0.15) is 5.75 Å². The summed E-state index contributed by atoms with van der Waals surface area (Å²) >= 11 is 0. The average molecular weight is 277 g/mol. The third-order valence-corrected chi connectivity index (χ3v) is 3.12. The molecule has 0 saturated carbocycles. The molecule has 102 valence electrons. The Bertz CT molecular complexity index is 847. The first kappa shape index (κ1) is 12.9. The van der Waals surface area contributed by atoms with Crippen LogP contribution in [0, 0.1) is 18.3 Å². The minimum absolute atomic E-state index is 0.147. The number of aromatic hydroxyl groups is 1. The molecular formula is C16H11N3O2. The molecule has 0 unspecified atom stereocenters. The van der Waals surface area contributed by atoms with Crippen LogP contribution in [0.1, 0.15) is 11.1 Å². The van der Waals surface area contributed by atoms with E-state index in [9.17, 15) is 5.11 Å². The first-order valence-electron chi connectivity index (χ1n) is 6.31. The zero-order valence-corrected chi connectivity index (χ0v) is 11.2. The molecule has 21 heavy (non-hydrogen) atoms. The molecule has 5 nitrogen and oxygen atoms in total. The van der Waals surface area contributed by atoms with Crippen LogP contribution in [0.5, 0.6) is 5.75 Å². The second kappa shape index (κ2) is 5.10. The van der Waals surface area contributed by atoms with Crippen LogP contribution in [-0.4, -0.2) is 15.2 Å². The van der Waals surface area contributed by atoms with Gasteiger partial charge in [0.05, 0.1) is 11.6 Å². The molecule has 0 aliphatic heterocycles. The molecule has 1 aromatic heterocycles. The monoisotopic (exact) mass is 277 g/mol. The van der Waals surface area contributed by atoms with E-state index in [1.165, 1.54) is 0 Å². The molecule has 0 fully saturated rings. The number of rotatable bonds is 2. The molecule has 0 aliphatic rings. The van der Waals surface area contributed by atoms with Crippen molar-refractivity contribution in [3.8, 4) is 34.7 Å². The van der Waals surface area contributed by atoms with Crippen molar-refractivity contribution in [3.05, 3.63) is 53.6 Å². The summed E-state index contributed by atoms with van der Waals surface area (Å²) in [7, 11) is 0. The summed E-state index contributed by atoms with van der Waals surface area (Å²) in [6.45, 7) is 1.88. The molecule has 0 spiro atoms. The lowest BCUT2D eigenvalue weighted by atomic mass is 10.1. The number of nitrogens with zero attached hydrogens (tertiary/aromatic N) is 3. The molecule has 0 radical (unpaired) electrons. The highest BCUT2D eigenvalue weighted by atomic mass is 16.5. The van der Waals surface area contributed by atoms with Crippen molar-refractivity contribution in [2.45, 2.75) is 6.92 Å². The van der Waals surface area contributed by atoms with Crippen LogP contribution in [0.3, 0.4) is 0 Å². The molecule has 1 heterocycles. The van der Waals surface area contributed by atoms with Gasteiger partial charge in [0.25, 0.3) is 5.89 Å². The van der Waals surface area contributed by atoms with Gasteiger partial charge in [-0.2, -0.15) is 10.2 Å². The Hall–Kier alpha value is -3.13. The maximum absolute atomic E-state index is 9.48. The van der Waals surface area contributed by atoms with Gasteiger partial charge >= 0.3 is 0 Å². The van der Waals surface area contributed by atoms with Gasteiger partial charge < -0.3 is 9.63 Å². The molecule has 0 bridgehead atoms. The van der Waals surface area contributed by atoms with Crippen molar-refractivity contribution in [2.24, 2.45) is 0 Å². The van der Waals surface area contributed by atoms with Crippen LogP contribution in [0.2, 0.25) is 0 Å². The zero-order valence-electron chi connectivity index (χ0n) is 11.2. The Morgan fingerprint density at radius 3 is 2.76 bits per heavy atom. The van der Waals surface area contributed by atoms with Gasteiger partial charge in [0.15, 0.2) is 0 Å². The van der Waals surface area contributed by atoms with Gasteiger partial charge in [-0.15, -0.1) is 0 Å². The van der Waals surface area contributed by atoms with Crippen LogP contribution in [-0.2, 0) is 0 Å². The molecule has 2 aromatic carbocycles. The number of hydrogen-bond donors (Lipinski definition) is 1. The van der Waals surface area contributed by atoms with Gasteiger partial charge in [-0.3, -0.25) is 0 Å². The van der Waals surface area contributed by atoms with Gasteiger partial charge in [0.2, 0.25) is 5.82 Å². The summed E-state index contributed by atoms with van der Waals surface area (Å²) in [5.74, 6) is 0.938. The molecule has 0 saturated heterocycles. The molecule has 3 rings (SSSR count). The molecule has 0 aliphatic carbocycles. The largest absolute Gasteiger partial charge is 0.508 e. The molecule has 3 aromatic rings. The molecule has 0 atom stereocenters. The minimum atomic E-state index is 0.147. The van der Waals surface area contributed by atoms with Crippen molar-refractivity contribution in [1.82, 2.24) is 10.1 Å². The lowest BCUT2D eigenvalue weighted by Crippen LogP contribution is -1.86. The van der Waals surface area contributed by atoms with Gasteiger partial charge in [-0.1, -0.05) is 17.3 Å². The average Bonchev–Trinajstić information content (AvgIpc) is 2.96. The number of nitriles is 1. The van der Waals surface area contributed by atoms with E-state index in [2.05, 4.69) is 16.2 Å². The highest BCUT2D eigenvalue weighted by molar-refractivity contribution is 5.64. The van der Waals surface area contributed by atoms with Crippen LogP contribution in [0.4, 0.5) is 0 Å². The summed E-state index contributed by atoms with van der Waals surface area (Å²) in [6.07, 6.45) is 0. The maximum atomic E-state index is 9.48. The molecular weight excluding hydrogens is 266 g/mol. The van der Waals surface area contributed by atoms with E-state index in [0.717, 1.165) is 11.1 Å². The summed E-state index contributed by atoms with van der Waals surface area (Å²) in [5, 5.41) is 22.3. The van der Waals surface area contributed by atoms with E-state index in [4.69, 9.17) is 9.78 Å². The predicted octanol–water partition coefficient (Wildman–Crippen LogP) is 3.29. The third kappa shape index (κ3) is 2.47. The van der Waals surface area contributed by atoms with Crippen LogP contribution in [0.25, 0.3) is 22.8 Å². The lowest BCUT2D eigenvalue weighted by molar-refractivity contribution is 0.432. The van der Waals surface area contributed by atoms with Crippen molar-refractivity contribution in [2.75, 3.05) is 0 Å². The fourth-order valence-electron chi connectivity index (χ4n) is 2.07. The minimum Gasteiger partial charge on any atom is -0.508 e. The topological polar surface area (TPSA) is 82.9 Å². The van der Waals surface area contributed by atoms with Gasteiger partial charge in [0, 0.05) is 11.1 Å².